The molecule has 0 N–H and O–H groups in total. The second kappa shape index (κ2) is 13.0. The van der Waals surface area contributed by atoms with Crippen LogP contribution in [0, 0.1) is 0 Å². The molecule has 0 atom stereocenters. The van der Waals surface area contributed by atoms with Gasteiger partial charge in [0.2, 0.25) is 0 Å². The maximum absolute atomic E-state index is 6.46. The molecule has 0 radical (unpaired) electrons. The van der Waals surface area contributed by atoms with E-state index in [1.165, 1.54) is 22.3 Å². The zero-order valence-electron chi connectivity index (χ0n) is 24.6. The molecule has 0 aliphatic carbocycles. The minimum Gasteiger partial charge on any atom is -0.456 e. The number of aryl methyl sites for hydroxylation is 2. The smallest absolute Gasteiger partial charge is 0.137 e. The van der Waals surface area contributed by atoms with E-state index in [4.69, 9.17) is 8.83 Å². The summed E-state index contributed by atoms with van der Waals surface area (Å²) in [4.78, 5) is 0. The highest BCUT2D eigenvalue weighted by atomic mass is 16.3. The first kappa shape index (κ1) is 27.6. The van der Waals surface area contributed by atoms with E-state index in [1.54, 1.807) is 0 Å². The van der Waals surface area contributed by atoms with Crippen LogP contribution in [-0.4, -0.2) is 0 Å². The van der Waals surface area contributed by atoms with E-state index in [9.17, 15) is 0 Å². The topological polar surface area (TPSA) is 26.3 Å². The van der Waals surface area contributed by atoms with E-state index in [1.807, 2.05) is 12.1 Å². The van der Waals surface area contributed by atoms with Crippen molar-refractivity contribution >= 4 is 0 Å². The quantitative estimate of drug-likeness (QED) is 0.160. The molecule has 210 valence electrons. The summed E-state index contributed by atoms with van der Waals surface area (Å²) < 4.78 is 12.9. The minimum absolute atomic E-state index is 0.933. The summed E-state index contributed by atoms with van der Waals surface area (Å²) in [5.74, 6) is 3.83. The van der Waals surface area contributed by atoms with Crippen LogP contribution in [0.15, 0.2) is 130 Å². The van der Waals surface area contributed by atoms with Crippen molar-refractivity contribution in [3.8, 4) is 56.4 Å². The van der Waals surface area contributed by atoms with E-state index in [0.717, 1.165) is 83.8 Å². The van der Waals surface area contributed by atoms with Gasteiger partial charge in [0.1, 0.15) is 23.0 Å². The zero-order valence-corrected chi connectivity index (χ0v) is 24.6. The maximum Gasteiger partial charge on any atom is 0.137 e. The molecular weight excluding hydrogens is 512 g/mol. The van der Waals surface area contributed by atoms with Crippen LogP contribution in [0.5, 0.6) is 0 Å². The number of unbranched alkanes of at least 4 members (excludes halogenated alkanes) is 2. The van der Waals surface area contributed by atoms with E-state index in [0.29, 0.717) is 0 Å². The number of benzene rings is 4. The third-order valence-corrected chi connectivity index (χ3v) is 7.96. The number of hydrogen-bond acceptors (Lipinski definition) is 2. The minimum atomic E-state index is 0.933. The summed E-state index contributed by atoms with van der Waals surface area (Å²) in [5, 5.41) is 0. The summed E-state index contributed by atoms with van der Waals surface area (Å²) in [6.45, 7) is 4.47. The fourth-order valence-electron chi connectivity index (χ4n) is 5.57. The van der Waals surface area contributed by atoms with E-state index >= 15 is 0 Å². The summed E-state index contributed by atoms with van der Waals surface area (Å²) in [5.41, 5.74) is 9.39. The van der Waals surface area contributed by atoms with Gasteiger partial charge in [0, 0.05) is 22.3 Å². The Morgan fingerprint density at radius 2 is 0.762 bits per heavy atom. The molecule has 0 saturated heterocycles. The van der Waals surface area contributed by atoms with Crippen LogP contribution >= 0.6 is 0 Å². The van der Waals surface area contributed by atoms with E-state index < -0.39 is 0 Å². The van der Waals surface area contributed by atoms with E-state index in [-0.39, 0.29) is 0 Å². The van der Waals surface area contributed by atoms with Crippen LogP contribution < -0.4 is 0 Å². The number of rotatable bonds is 11. The second-order valence-electron chi connectivity index (χ2n) is 11.0. The molecule has 2 heterocycles. The third kappa shape index (κ3) is 6.04. The Kier molecular flexibility index (Phi) is 8.51. The predicted octanol–water partition coefficient (Wildman–Crippen LogP) is 11.9. The lowest BCUT2D eigenvalue weighted by molar-refractivity contribution is 0.592. The average Bonchev–Trinajstić information content (AvgIpc) is 3.69. The molecule has 0 amide bonds. The molecule has 4 aromatic carbocycles. The van der Waals surface area contributed by atoms with Gasteiger partial charge < -0.3 is 8.83 Å². The zero-order chi connectivity index (χ0) is 28.7. The van der Waals surface area contributed by atoms with Crippen molar-refractivity contribution in [3.05, 3.63) is 132 Å². The van der Waals surface area contributed by atoms with E-state index in [2.05, 4.69) is 123 Å². The molecular formula is C40H38O2. The van der Waals surface area contributed by atoms with Gasteiger partial charge in [-0.25, -0.2) is 0 Å². The van der Waals surface area contributed by atoms with Crippen molar-refractivity contribution in [2.75, 3.05) is 0 Å². The summed E-state index contributed by atoms with van der Waals surface area (Å²) >= 11 is 0. The molecule has 0 aliphatic heterocycles. The summed E-state index contributed by atoms with van der Waals surface area (Å²) in [6, 6.07) is 42.7. The highest BCUT2D eigenvalue weighted by Gasteiger charge is 2.16. The van der Waals surface area contributed by atoms with Gasteiger partial charge >= 0.3 is 0 Å². The lowest BCUT2D eigenvalue weighted by Gasteiger charge is -2.07. The highest BCUT2D eigenvalue weighted by Crippen LogP contribution is 2.37. The van der Waals surface area contributed by atoms with Gasteiger partial charge in [-0.1, -0.05) is 136 Å². The lowest BCUT2D eigenvalue weighted by Crippen LogP contribution is -1.87. The van der Waals surface area contributed by atoms with Crippen LogP contribution in [0.2, 0.25) is 0 Å². The van der Waals surface area contributed by atoms with Gasteiger partial charge in [-0.05, 0) is 60.1 Å². The van der Waals surface area contributed by atoms with Gasteiger partial charge in [-0.3, -0.25) is 0 Å². The first-order chi connectivity index (χ1) is 20.7. The molecule has 0 fully saturated rings. The fraction of sp³-hybridized carbons (Fsp3) is 0.200. The van der Waals surface area contributed by atoms with Crippen LogP contribution in [-0.2, 0) is 12.8 Å². The normalized spacial score (nSPS) is 11.2. The molecule has 2 heteroatoms. The SMILES string of the molecule is CCCCc1cc(-c2ccccc2)oc1-c1ccc(-c2ccc(-c3oc(-c4ccccc4)cc3CCCC)cc2)cc1. The number of hydrogen-bond donors (Lipinski definition) is 0. The van der Waals surface area contributed by atoms with Gasteiger partial charge in [-0.15, -0.1) is 0 Å². The average molecular weight is 551 g/mol. The van der Waals surface area contributed by atoms with Crippen LogP contribution in [0.3, 0.4) is 0 Å². The van der Waals surface area contributed by atoms with Crippen molar-refractivity contribution < 1.29 is 8.83 Å². The standard InChI is InChI=1S/C40H38O2/c1-3-5-13-35-27-37(31-15-9-7-10-16-31)41-39(35)33-23-19-29(20-24-33)30-21-25-34(26-22-30)40-36(14-6-4-2)28-38(42-40)32-17-11-8-12-18-32/h7-12,15-28H,3-6,13-14H2,1-2H3. The monoisotopic (exact) mass is 550 g/mol. The second-order valence-corrected chi connectivity index (χ2v) is 11.0. The van der Waals surface area contributed by atoms with Gasteiger partial charge in [0.15, 0.2) is 0 Å². The summed E-state index contributed by atoms with van der Waals surface area (Å²) in [7, 11) is 0. The Bertz CT molecular complexity index is 1570. The first-order valence-corrected chi connectivity index (χ1v) is 15.3. The predicted molar refractivity (Wildman–Crippen MR) is 175 cm³/mol. The van der Waals surface area contributed by atoms with Gasteiger partial charge in [-0.2, -0.15) is 0 Å². The molecule has 0 bridgehead atoms. The molecule has 6 rings (SSSR count). The van der Waals surface area contributed by atoms with Crippen LogP contribution in [0.4, 0.5) is 0 Å². The molecule has 0 aliphatic rings. The first-order valence-electron chi connectivity index (χ1n) is 15.3. The van der Waals surface area contributed by atoms with Crippen LogP contribution in [0.25, 0.3) is 56.4 Å². The largest absolute Gasteiger partial charge is 0.456 e. The number of furan rings is 2. The van der Waals surface area contributed by atoms with Crippen LogP contribution in [0.1, 0.15) is 50.7 Å². The summed E-state index contributed by atoms with van der Waals surface area (Å²) in [6.07, 6.45) is 6.65. The van der Waals surface area contributed by atoms with Crippen molar-refractivity contribution in [1.29, 1.82) is 0 Å². The van der Waals surface area contributed by atoms with Gasteiger partial charge in [0.25, 0.3) is 0 Å². The molecule has 2 nitrogen and oxygen atoms in total. The Hall–Kier alpha value is -4.56. The van der Waals surface area contributed by atoms with Crippen molar-refractivity contribution in [2.45, 2.75) is 52.4 Å². The molecule has 0 saturated carbocycles. The Morgan fingerprint density at radius 3 is 1.12 bits per heavy atom. The Labute approximate surface area is 249 Å². The lowest BCUT2D eigenvalue weighted by atomic mass is 9.98. The molecule has 42 heavy (non-hydrogen) atoms. The maximum atomic E-state index is 6.46. The third-order valence-electron chi connectivity index (χ3n) is 7.96. The molecule has 6 aromatic rings. The van der Waals surface area contributed by atoms with Crippen molar-refractivity contribution in [2.24, 2.45) is 0 Å². The van der Waals surface area contributed by atoms with Gasteiger partial charge in [0.05, 0.1) is 0 Å². The molecule has 0 spiro atoms. The highest BCUT2D eigenvalue weighted by molar-refractivity contribution is 5.75. The Morgan fingerprint density at radius 1 is 0.405 bits per heavy atom. The van der Waals surface area contributed by atoms with Crippen molar-refractivity contribution in [1.82, 2.24) is 0 Å². The molecule has 2 aromatic heterocycles. The van der Waals surface area contributed by atoms with Crippen molar-refractivity contribution in [3.63, 3.8) is 0 Å². The fourth-order valence-corrected chi connectivity index (χ4v) is 5.57. The Balaban J connectivity index is 1.26. The molecule has 0 unspecified atom stereocenters.